The third-order valence-corrected chi connectivity index (χ3v) is 4.60. The molecule has 1 N–H and O–H groups in total. The standard InChI is InChI=1S/C19H24N2/c1-15(20-2)18-9-5-6-10-19(18)21-13-11-16-7-3-4-8-17(16)12-14-21/h3-10,15,20H,11-14H2,1-2H3. The van der Waals surface area contributed by atoms with E-state index in [1.54, 1.807) is 0 Å². The molecule has 0 saturated heterocycles. The van der Waals surface area contributed by atoms with Gasteiger partial charge in [0.1, 0.15) is 0 Å². The molecular formula is C19H24N2. The molecule has 2 aromatic rings. The van der Waals surface area contributed by atoms with Crippen LogP contribution in [0.4, 0.5) is 5.69 Å². The van der Waals surface area contributed by atoms with Gasteiger partial charge in [0.2, 0.25) is 0 Å². The molecule has 0 aromatic heterocycles. The highest BCUT2D eigenvalue weighted by Crippen LogP contribution is 2.28. The van der Waals surface area contributed by atoms with Gasteiger partial charge in [0, 0.05) is 24.8 Å². The van der Waals surface area contributed by atoms with E-state index in [9.17, 15) is 0 Å². The molecule has 1 aliphatic heterocycles. The third kappa shape index (κ3) is 2.96. The first-order chi connectivity index (χ1) is 10.3. The van der Waals surface area contributed by atoms with E-state index in [4.69, 9.17) is 0 Å². The zero-order valence-electron chi connectivity index (χ0n) is 13.0. The number of hydrogen-bond acceptors (Lipinski definition) is 2. The monoisotopic (exact) mass is 280 g/mol. The maximum Gasteiger partial charge on any atom is 0.0414 e. The quantitative estimate of drug-likeness (QED) is 0.924. The van der Waals surface area contributed by atoms with Gasteiger partial charge in [0.25, 0.3) is 0 Å². The van der Waals surface area contributed by atoms with Crippen molar-refractivity contribution in [3.63, 3.8) is 0 Å². The van der Waals surface area contributed by atoms with Gasteiger partial charge in [-0.1, -0.05) is 42.5 Å². The zero-order valence-corrected chi connectivity index (χ0v) is 13.0. The molecule has 110 valence electrons. The van der Waals surface area contributed by atoms with Crippen molar-refractivity contribution in [3.05, 3.63) is 65.2 Å². The Balaban J connectivity index is 1.86. The summed E-state index contributed by atoms with van der Waals surface area (Å²) in [4.78, 5) is 2.54. The molecule has 0 fully saturated rings. The van der Waals surface area contributed by atoms with Crippen LogP contribution in [0.25, 0.3) is 0 Å². The number of fused-ring (bicyclic) bond motifs is 1. The van der Waals surface area contributed by atoms with Crippen LogP contribution in [0, 0.1) is 0 Å². The highest BCUT2D eigenvalue weighted by Gasteiger charge is 2.17. The lowest BCUT2D eigenvalue weighted by atomic mass is 10.0. The van der Waals surface area contributed by atoms with E-state index in [0.717, 1.165) is 25.9 Å². The fourth-order valence-electron chi connectivity index (χ4n) is 3.21. The predicted octanol–water partition coefficient (Wildman–Crippen LogP) is 3.57. The van der Waals surface area contributed by atoms with Crippen LogP contribution in [0.2, 0.25) is 0 Å². The van der Waals surface area contributed by atoms with Gasteiger partial charge in [-0.05, 0) is 49.6 Å². The summed E-state index contributed by atoms with van der Waals surface area (Å²) < 4.78 is 0. The molecule has 1 atom stereocenters. The Kier molecular flexibility index (Phi) is 4.26. The fourth-order valence-corrected chi connectivity index (χ4v) is 3.21. The van der Waals surface area contributed by atoms with Crippen molar-refractivity contribution >= 4 is 5.69 Å². The molecule has 2 heteroatoms. The number of nitrogens with zero attached hydrogens (tertiary/aromatic N) is 1. The zero-order chi connectivity index (χ0) is 14.7. The summed E-state index contributed by atoms with van der Waals surface area (Å²) in [5.41, 5.74) is 5.80. The molecule has 1 unspecified atom stereocenters. The molecule has 0 radical (unpaired) electrons. The molecule has 3 rings (SSSR count). The van der Waals surface area contributed by atoms with E-state index < -0.39 is 0 Å². The van der Waals surface area contributed by atoms with Crippen LogP contribution in [-0.4, -0.2) is 20.1 Å². The van der Waals surface area contributed by atoms with Gasteiger partial charge in [-0.15, -0.1) is 0 Å². The molecule has 0 aliphatic carbocycles. The summed E-state index contributed by atoms with van der Waals surface area (Å²) in [5, 5.41) is 3.37. The van der Waals surface area contributed by atoms with Gasteiger partial charge < -0.3 is 10.2 Å². The number of hydrogen-bond donors (Lipinski definition) is 1. The number of rotatable bonds is 3. The SMILES string of the molecule is CNC(C)c1ccccc1N1CCc2ccccc2CC1. The van der Waals surface area contributed by atoms with E-state index in [-0.39, 0.29) is 0 Å². The van der Waals surface area contributed by atoms with Crippen LogP contribution < -0.4 is 10.2 Å². The largest absolute Gasteiger partial charge is 0.371 e. The van der Waals surface area contributed by atoms with Crippen molar-refractivity contribution in [1.29, 1.82) is 0 Å². The minimum Gasteiger partial charge on any atom is -0.371 e. The van der Waals surface area contributed by atoms with Gasteiger partial charge >= 0.3 is 0 Å². The normalized spacial score (nSPS) is 16.2. The minimum atomic E-state index is 0.381. The van der Waals surface area contributed by atoms with Crippen molar-refractivity contribution in [1.82, 2.24) is 5.32 Å². The Morgan fingerprint density at radius 3 is 2.10 bits per heavy atom. The molecule has 0 spiro atoms. The summed E-state index contributed by atoms with van der Waals surface area (Å²) in [5.74, 6) is 0. The summed E-state index contributed by atoms with van der Waals surface area (Å²) in [6, 6.07) is 18.1. The van der Waals surface area contributed by atoms with Crippen molar-refractivity contribution in [2.45, 2.75) is 25.8 Å². The molecule has 0 saturated carbocycles. The van der Waals surface area contributed by atoms with E-state index in [1.165, 1.54) is 22.4 Å². The summed E-state index contributed by atoms with van der Waals surface area (Å²) in [7, 11) is 2.03. The second-order valence-electron chi connectivity index (χ2n) is 5.82. The van der Waals surface area contributed by atoms with Crippen LogP contribution in [0.15, 0.2) is 48.5 Å². The van der Waals surface area contributed by atoms with Crippen LogP contribution in [0.3, 0.4) is 0 Å². The number of para-hydroxylation sites is 1. The number of benzene rings is 2. The van der Waals surface area contributed by atoms with Crippen molar-refractivity contribution in [3.8, 4) is 0 Å². The molecule has 1 aliphatic rings. The van der Waals surface area contributed by atoms with Gasteiger partial charge in [-0.25, -0.2) is 0 Å². The maximum atomic E-state index is 3.37. The van der Waals surface area contributed by atoms with E-state index in [2.05, 4.69) is 65.7 Å². The molecule has 2 nitrogen and oxygen atoms in total. The Labute approximate surface area is 127 Å². The third-order valence-electron chi connectivity index (χ3n) is 4.60. The first-order valence-electron chi connectivity index (χ1n) is 7.87. The summed E-state index contributed by atoms with van der Waals surface area (Å²) >= 11 is 0. The van der Waals surface area contributed by atoms with E-state index in [1.807, 2.05) is 7.05 Å². The summed E-state index contributed by atoms with van der Waals surface area (Å²) in [6.07, 6.45) is 2.27. The van der Waals surface area contributed by atoms with Crippen LogP contribution in [0.1, 0.15) is 29.7 Å². The average Bonchev–Trinajstić information content (AvgIpc) is 2.77. The first kappa shape index (κ1) is 14.2. The second kappa shape index (κ2) is 6.31. The smallest absolute Gasteiger partial charge is 0.0414 e. The van der Waals surface area contributed by atoms with Crippen molar-refractivity contribution in [2.75, 3.05) is 25.0 Å². The molecule has 2 aromatic carbocycles. The molecule has 0 bridgehead atoms. The van der Waals surface area contributed by atoms with Gasteiger partial charge in [0.15, 0.2) is 0 Å². The first-order valence-corrected chi connectivity index (χ1v) is 7.87. The number of anilines is 1. The van der Waals surface area contributed by atoms with E-state index in [0.29, 0.717) is 6.04 Å². The Morgan fingerprint density at radius 2 is 1.48 bits per heavy atom. The second-order valence-corrected chi connectivity index (χ2v) is 5.82. The minimum absolute atomic E-state index is 0.381. The van der Waals surface area contributed by atoms with Gasteiger partial charge in [-0.3, -0.25) is 0 Å². The highest BCUT2D eigenvalue weighted by molar-refractivity contribution is 5.55. The van der Waals surface area contributed by atoms with Gasteiger partial charge in [0.05, 0.1) is 0 Å². The lowest BCUT2D eigenvalue weighted by Crippen LogP contribution is -2.28. The molecule has 21 heavy (non-hydrogen) atoms. The fraction of sp³-hybridized carbons (Fsp3) is 0.368. The Morgan fingerprint density at radius 1 is 0.905 bits per heavy atom. The molecule has 0 amide bonds. The van der Waals surface area contributed by atoms with Crippen molar-refractivity contribution < 1.29 is 0 Å². The van der Waals surface area contributed by atoms with Crippen LogP contribution >= 0.6 is 0 Å². The van der Waals surface area contributed by atoms with Crippen LogP contribution in [-0.2, 0) is 12.8 Å². The lowest BCUT2D eigenvalue weighted by Gasteiger charge is -2.27. The molecular weight excluding hydrogens is 256 g/mol. The van der Waals surface area contributed by atoms with Crippen molar-refractivity contribution in [2.24, 2.45) is 0 Å². The van der Waals surface area contributed by atoms with Gasteiger partial charge in [-0.2, -0.15) is 0 Å². The topological polar surface area (TPSA) is 15.3 Å². The maximum absolute atomic E-state index is 3.37. The average molecular weight is 280 g/mol. The number of nitrogens with one attached hydrogen (secondary N) is 1. The lowest BCUT2D eigenvalue weighted by molar-refractivity contribution is 0.647. The van der Waals surface area contributed by atoms with Crippen LogP contribution in [0.5, 0.6) is 0 Å². The highest BCUT2D eigenvalue weighted by atomic mass is 15.1. The Hall–Kier alpha value is -1.80. The molecule has 1 heterocycles. The summed E-state index contributed by atoms with van der Waals surface area (Å²) in [6.45, 7) is 4.43. The Bertz CT molecular complexity index is 579. The predicted molar refractivity (Wildman–Crippen MR) is 90.0 cm³/mol. The van der Waals surface area contributed by atoms with E-state index >= 15 is 0 Å².